The standard InChI is InChI=1S/C17H13Cl2N3O2S/c1-10-2-5-12(6-3-10)20-15(23)9-25-17-22-21-16(24-17)13-7-4-11(18)8-14(13)19/h2-8H,9H2,1H3,(H,20,23). The first-order valence-corrected chi connectivity index (χ1v) is 9.03. The highest BCUT2D eigenvalue weighted by Gasteiger charge is 2.14. The number of aromatic nitrogens is 2. The lowest BCUT2D eigenvalue weighted by molar-refractivity contribution is -0.113. The predicted molar refractivity (Wildman–Crippen MR) is 100 cm³/mol. The Hall–Kier alpha value is -2.02. The second-order valence-corrected chi connectivity index (χ2v) is 6.97. The molecule has 25 heavy (non-hydrogen) atoms. The van der Waals surface area contributed by atoms with Gasteiger partial charge in [0.05, 0.1) is 16.3 Å². The number of hydrogen-bond acceptors (Lipinski definition) is 5. The number of anilines is 1. The predicted octanol–water partition coefficient (Wildman–Crippen LogP) is 5.08. The molecule has 3 aromatic rings. The second-order valence-electron chi connectivity index (χ2n) is 5.20. The van der Waals surface area contributed by atoms with Gasteiger partial charge in [-0.1, -0.05) is 52.7 Å². The summed E-state index contributed by atoms with van der Waals surface area (Å²) in [6.07, 6.45) is 0. The van der Waals surface area contributed by atoms with Crippen LogP contribution < -0.4 is 5.32 Å². The van der Waals surface area contributed by atoms with Gasteiger partial charge in [-0.3, -0.25) is 4.79 Å². The van der Waals surface area contributed by atoms with Crippen LogP contribution in [0.15, 0.2) is 52.1 Å². The number of carbonyl (C=O) groups excluding carboxylic acids is 1. The zero-order valence-electron chi connectivity index (χ0n) is 13.1. The van der Waals surface area contributed by atoms with E-state index < -0.39 is 0 Å². The molecule has 2 aromatic carbocycles. The molecular formula is C17H13Cl2N3O2S. The molecule has 0 fully saturated rings. The van der Waals surface area contributed by atoms with E-state index in [2.05, 4.69) is 15.5 Å². The lowest BCUT2D eigenvalue weighted by Gasteiger charge is -2.04. The molecule has 0 spiro atoms. The molecule has 128 valence electrons. The summed E-state index contributed by atoms with van der Waals surface area (Å²) >= 11 is 13.1. The maximum Gasteiger partial charge on any atom is 0.277 e. The molecule has 0 bridgehead atoms. The molecule has 0 aliphatic rings. The molecule has 1 amide bonds. The van der Waals surface area contributed by atoms with Crippen LogP contribution in [0.2, 0.25) is 10.0 Å². The van der Waals surface area contributed by atoms with Crippen LogP contribution in [0.1, 0.15) is 5.56 Å². The quantitative estimate of drug-likeness (QED) is 0.611. The Bertz CT molecular complexity index is 897. The number of hydrogen-bond donors (Lipinski definition) is 1. The van der Waals surface area contributed by atoms with E-state index in [4.69, 9.17) is 27.6 Å². The minimum absolute atomic E-state index is 0.155. The number of halogens is 2. The van der Waals surface area contributed by atoms with Gasteiger partial charge in [0.15, 0.2) is 0 Å². The number of benzene rings is 2. The van der Waals surface area contributed by atoms with E-state index >= 15 is 0 Å². The van der Waals surface area contributed by atoms with Crippen molar-refractivity contribution >= 4 is 46.6 Å². The summed E-state index contributed by atoms with van der Waals surface area (Å²) in [5.41, 5.74) is 2.47. The van der Waals surface area contributed by atoms with Gasteiger partial charge in [0, 0.05) is 10.7 Å². The zero-order chi connectivity index (χ0) is 17.8. The van der Waals surface area contributed by atoms with Gasteiger partial charge in [-0.25, -0.2) is 0 Å². The highest BCUT2D eigenvalue weighted by atomic mass is 35.5. The van der Waals surface area contributed by atoms with E-state index in [0.29, 0.717) is 20.8 Å². The Morgan fingerprint density at radius 1 is 1.16 bits per heavy atom. The van der Waals surface area contributed by atoms with Crippen molar-refractivity contribution in [2.24, 2.45) is 0 Å². The highest BCUT2D eigenvalue weighted by molar-refractivity contribution is 7.99. The fourth-order valence-electron chi connectivity index (χ4n) is 2.00. The first-order valence-electron chi connectivity index (χ1n) is 7.29. The molecule has 1 N–H and O–H groups in total. The van der Waals surface area contributed by atoms with Crippen LogP contribution >= 0.6 is 35.0 Å². The van der Waals surface area contributed by atoms with Gasteiger partial charge < -0.3 is 9.73 Å². The monoisotopic (exact) mass is 393 g/mol. The third kappa shape index (κ3) is 4.75. The van der Waals surface area contributed by atoms with Crippen molar-refractivity contribution in [3.05, 3.63) is 58.1 Å². The van der Waals surface area contributed by atoms with Crippen LogP contribution in [0.5, 0.6) is 0 Å². The van der Waals surface area contributed by atoms with E-state index in [9.17, 15) is 4.79 Å². The molecule has 5 nitrogen and oxygen atoms in total. The van der Waals surface area contributed by atoms with E-state index in [1.165, 1.54) is 0 Å². The van der Waals surface area contributed by atoms with E-state index in [0.717, 1.165) is 23.0 Å². The Labute approximate surface area is 158 Å². The number of rotatable bonds is 5. The number of amides is 1. The van der Waals surface area contributed by atoms with Crippen molar-refractivity contribution in [3.8, 4) is 11.5 Å². The maximum absolute atomic E-state index is 12.0. The number of carbonyl (C=O) groups is 1. The molecule has 0 aliphatic heterocycles. The average molecular weight is 394 g/mol. The highest BCUT2D eigenvalue weighted by Crippen LogP contribution is 2.31. The van der Waals surface area contributed by atoms with Gasteiger partial charge in [0.2, 0.25) is 11.8 Å². The van der Waals surface area contributed by atoms with Gasteiger partial charge in [0.1, 0.15) is 0 Å². The van der Waals surface area contributed by atoms with Crippen LogP contribution in [0, 0.1) is 6.92 Å². The summed E-state index contributed by atoms with van der Waals surface area (Å²) in [6, 6.07) is 12.6. The molecule has 0 saturated carbocycles. The van der Waals surface area contributed by atoms with Crippen molar-refractivity contribution in [1.82, 2.24) is 10.2 Å². The molecule has 1 heterocycles. The van der Waals surface area contributed by atoms with E-state index in [1.807, 2.05) is 31.2 Å². The van der Waals surface area contributed by atoms with Crippen LogP contribution in [0.4, 0.5) is 5.69 Å². The first-order chi connectivity index (χ1) is 12.0. The normalized spacial score (nSPS) is 10.7. The summed E-state index contributed by atoms with van der Waals surface area (Å²) in [7, 11) is 0. The molecule has 0 atom stereocenters. The topological polar surface area (TPSA) is 68.0 Å². The third-order valence-electron chi connectivity index (χ3n) is 3.23. The van der Waals surface area contributed by atoms with Gasteiger partial charge in [-0.15, -0.1) is 10.2 Å². The van der Waals surface area contributed by atoms with Crippen LogP contribution in [-0.2, 0) is 4.79 Å². The molecule has 8 heteroatoms. The van der Waals surface area contributed by atoms with Crippen LogP contribution in [0.25, 0.3) is 11.5 Å². The number of aryl methyl sites for hydroxylation is 1. The summed E-state index contributed by atoms with van der Waals surface area (Å²) in [5, 5.41) is 11.9. The molecule has 0 radical (unpaired) electrons. The van der Waals surface area contributed by atoms with Crippen molar-refractivity contribution in [2.75, 3.05) is 11.1 Å². The first kappa shape index (κ1) is 17.8. The minimum atomic E-state index is -0.155. The summed E-state index contributed by atoms with van der Waals surface area (Å²) in [5.74, 6) is 0.283. The van der Waals surface area contributed by atoms with Crippen molar-refractivity contribution in [1.29, 1.82) is 0 Å². The van der Waals surface area contributed by atoms with Crippen LogP contribution in [0.3, 0.4) is 0 Å². The van der Waals surface area contributed by atoms with Crippen LogP contribution in [-0.4, -0.2) is 21.9 Å². The second kappa shape index (κ2) is 7.91. The van der Waals surface area contributed by atoms with E-state index in [-0.39, 0.29) is 17.6 Å². The lowest BCUT2D eigenvalue weighted by Crippen LogP contribution is -2.13. The molecule has 1 aromatic heterocycles. The SMILES string of the molecule is Cc1ccc(NC(=O)CSc2nnc(-c3ccc(Cl)cc3Cl)o2)cc1. The third-order valence-corrected chi connectivity index (χ3v) is 4.60. The molecular weight excluding hydrogens is 381 g/mol. The lowest BCUT2D eigenvalue weighted by atomic mass is 10.2. The molecule has 0 unspecified atom stereocenters. The number of thioether (sulfide) groups is 1. The van der Waals surface area contributed by atoms with Gasteiger partial charge >= 0.3 is 0 Å². The summed E-state index contributed by atoms with van der Waals surface area (Å²) in [4.78, 5) is 12.0. The Morgan fingerprint density at radius 2 is 1.92 bits per heavy atom. The van der Waals surface area contributed by atoms with Gasteiger partial charge in [-0.2, -0.15) is 0 Å². The van der Waals surface area contributed by atoms with Gasteiger partial charge in [-0.05, 0) is 37.3 Å². The number of nitrogens with one attached hydrogen (secondary N) is 1. The maximum atomic E-state index is 12.0. The fraction of sp³-hybridized carbons (Fsp3) is 0.118. The summed E-state index contributed by atoms with van der Waals surface area (Å²) < 4.78 is 5.54. The smallest absolute Gasteiger partial charge is 0.277 e. The Morgan fingerprint density at radius 3 is 2.64 bits per heavy atom. The number of nitrogens with zero attached hydrogens (tertiary/aromatic N) is 2. The van der Waals surface area contributed by atoms with E-state index in [1.54, 1.807) is 18.2 Å². The largest absolute Gasteiger partial charge is 0.411 e. The minimum Gasteiger partial charge on any atom is -0.411 e. The molecule has 0 saturated heterocycles. The van der Waals surface area contributed by atoms with Crippen molar-refractivity contribution < 1.29 is 9.21 Å². The summed E-state index contributed by atoms with van der Waals surface area (Å²) in [6.45, 7) is 1.99. The molecule has 0 aliphatic carbocycles. The molecule has 3 rings (SSSR count). The van der Waals surface area contributed by atoms with Gasteiger partial charge in [0.25, 0.3) is 5.22 Å². The average Bonchev–Trinajstić information content (AvgIpc) is 3.04. The Balaban J connectivity index is 1.59. The van der Waals surface area contributed by atoms with Crippen molar-refractivity contribution in [3.63, 3.8) is 0 Å². The zero-order valence-corrected chi connectivity index (χ0v) is 15.5. The Kier molecular flexibility index (Phi) is 5.63. The van der Waals surface area contributed by atoms with Crippen molar-refractivity contribution in [2.45, 2.75) is 12.1 Å². The fourth-order valence-corrected chi connectivity index (χ4v) is 3.05.